The third-order valence-corrected chi connectivity index (χ3v) is 3.24. The van der Waals surface area contributed by atoms with E-state index in [1.54, 1.807) is 13.3 Å². The number of nitrogens with zero attached hydrogens (tertiary/aromatic N) is 1. The number of methoxy groups -OCH3 is 1. The molecule has 0 amide bonds. The van der Waals surface area contributed by atoms with Crippen molar-refractivity contribution in [3.8, 4) is 17.4 Å². The second kappa shape index (κ2) is 7.29. The van der Waals surface area contributed by atoms with Crippen LogP contribution in [-0.2, 0) is 6.54 Å². The van der Waals surface area contributed by atoms with Gasteiger partial charge in [0.05, 0.1) is 7.11 Å². The lowest BCUT2D eigenvalue weighted by Crippen LogP contribution is -2.11. The Hall–Kier alpha value is -1.78. The van der Waals surface area contributed by atoms with Gasteiger partial charge in [-0.05, 0) is 42.8 Å². The van der Waals surface area contributed by atoms with E-state index in [0.29, 0.717) is 22.4 Å². The third-order valence-electron chi connectivity index (χ3n) is 2.97. The molecule has 0 unspecified atom stereocenters. The van der Waals surface area contributed by atoms with Gasteiger partial charge in [-0.15, -0.1) is 0 Å². The largest absolute Gasteiger partial charge is 0.493 e. The zero-order valence-electron chi connectivity index (χ0n) is 12.4. The Morgan fingerprint density at radius 3 is 2.71 bits per heavy atom. The van der Waals surface area contributed by atoms with Crippen molar-refractivity contribution in [1.29, 1.82) is 0 Å². The fourth-order valence-electron chi connectivity index (χ4n) is 1.87. The van der Waals surface area contributed by atoms with Crippen LogP contribution in [0, 0.1) is 6.92 Å². The minimum Gasteiger partial charge on any atom is -0.493 e. The molecule has 0 fully saturated rings. The molecule has 0 aliphatic carbocycles. The summed E-state index contributed by atoms with van der Waals surface area (Å²) in [5.41, 5.74) is 2.12. The lowest BCUT2D eigenvalue weighted by atomic mass is 10.2. The summed E-state index contributed by atoms with van der Waals surface area (Å²) >= 11 is 6.23. The maximum atomic E-state index is 6.23. The molecule has 1 heterocycles. The van der Waals surface area contributed by atoms with Crippen LogP contribution in [0.15, 0.2) is 30.5 Å². The SMILES string of the molecule is CCNCc1cnc(Oc2ccc(C)cc2OC)c(Cl)c1. The van der Waals surface area contributed by atoms with Gasteiger partial charge in [-0.2, -0.15) is 0 Å². The van der Waals surface area contributed by atoms with Gasteiger partial charge in [-0.25, -0.2) is 4.98 Å². The Balaban J connectivity index is 2.20. The van der Waals surface area contributed by atoms with E-state index in [-0.39, 0.29) is 0 Å². The average molecular weight is 307 g/mol. The van der Waals surface area contributed by atoms with Crippen molar-refractivity contribution >= 4 is 11.6 Å². The molecule has 112 valence electrons. The van der Waals surface area contributed by atoms with Crippen molar-refractivity contribution in [2.24, 2.45) is 0 Å². The van der Waals surface area contributed by atoms with Gasteiger partial charge >= 0.3 is 0 Å². The topological polar surface area (TPSA) is 43.4 Å². The van der Waals surface area contributed by atoms with E-state index >= 15 is 0 Å². The second-order valence-corrected chi connectivity index (χ2v) is 5.07. The number of benzene rings is 1. The van der Waals surface area contributed by atoms with E-state index in [1.807, 2.05) is 31.2 Å². The number of halogens is 1. The van der Waals surface area contributed by atoms with Crippen LogP contribution in [0.5, 0.6) is 17.4 Å². The minimum atomic E-state index is 0.374. The standard InChI is InChI=1S/C16H19ClN2O2/c1-4-18-9-12-8-13(17)16(19-10-12)21-14-6-5-11(2)7-15(14)20-3/h5-8,10,18H,4,9H2,1-3H3. The first-order chi connectivity index (χ1) is 10.1. The molecule has 2 aromatic rings. The Morgan fingerprint density at radius 1 is 1.24 bits per heavy atom. The Morgan fingerprint density at radius 2 is 2.05 bits per heavy atom. The first-order valence-corrected chi connectivity index (χ1v) is 7.19. The Labute approximate surface area is 130 Å². The van der Waals surface area contributed by atoms with Crippen LogP contribution in [0.3, 0.4) is 0 Å². The molecule has 0 atom stereocenters. The highest BCUT2D eigenvalue weighted by Gasteiger charge is 2.10. The molecule has 1 aromatic heterocycles. The van der Waals surface area contributed by atoms with Crippen LogP contribution in [-0.4, -0.2) is 18.6 Å². The quantitative estimate of drug-likeness (QED) is 0.877. The molecule has 0 spiro atoms. The summed E-state index contributed by atoms with van der Waals surface area (Å²) in [7, 11) is 1.61. The number of aryl methyl sites for hydroxylation is 1. The van der Waals surface area contributed by atoms with Crippen LogP contribution in [0.25, 0.3) is 0 Å². The van der Waals surface area contributed by atoms with Crippen molar-refractivity contribution in [2.75, 3.05) is 13.7 Å². The monoisotopic (exact) mass is 306 g/mol. The van der Waals surface area contributed by atoms with Gasteiger partial charge in [0, 0.05) is 12.7 Å². The van der Waals surface area contributed by atoms with Crippen LogP contribution in [0.1, 0.15) is 18.1 Å². The van der Waals surface area contributed by atoms with Gasteiger partial charge in [0.25, 0.3) is 0 Å². The maximum Gasteiger partial charge on any atom is 0.238 e. The Bertz CT molecular complexity index is 617. The van der Waals surface area contributed by atoms with Crippen molar-refractivity contribution in [1.82, 2.24) is 10.3 Å². The first kappa shape index (κ1) is 15.6. The minimum absolute atomic E-state index is 0.374. The highest BCUT2D eigenvalue weighted by atomic mass is 35.5. The van der Waals surface area contributed by atoms with Gasteiger partial charge < -0.3 is 14.8 Å². The van der Waals surface area contributed by atoms with Gasteiger partial charge in [0.1, 0.15) is 5.02 Å². The molecule has 2 rings (SSSR count). The predicted molar refractivity (Wildman–Crippen MR) is 84.4 cm³/mol. The van der Waals surface area contributed by atoms with E-state index in [0.717, 1.165) is 24.2 Å². The predicted octanol–water partition coefficient (Wildman–Crippen LogP) is 3.95. The van der Waals surface area contributed by atoms with E-state index in [1.165, 1.54) is 0 Å². The van der Waals surface area contributed by atoms with Crippen molar-refractivity contribution in [3.63, 3.8) is 0 Å². The average Bonchev–Trinajstić information content (AvgIpc) is 2.49. The van der Waals surface area contributed by atoms with Crippen molar-refractivity contribution < 1.29 is 9.47 Å². The summed E-state index contributed by atoms with van der Waals surface area (Å²) in [6, 6.07) is 7.56. The lowest BCUT2D eigenvalue weighted by Gasteiger charge is -2.12. The summed E-state index contributed by atoms with van der Waals surface area (Å²) in [5, 5.41) is 3.71. The summed E-state index contributed by atoms with van der Waals surface area (Å²) in [6.07, 6.45) is 1.75. The highest BCUT2D eigenvalue weighted by Crippen LogP contribution is 2.34. The molecule has 21 heavy (non-hydrogen) atoms. The lowest BCUT2D eigenvalue weighted by molar-refractivity contribution is 0.374. The van der Waals surface area contributed by atoms with Crippen LogP contribution >= 0.6 is 11.6 Å². The fraction of sp³-hybridized carbons (Fsp3) is 0.312. The molecule has 1 N–H and O–H groups in total. The first-order valence-electron chi connectivity index (χ1n) is 6.81. The Kier molecular flexibility index (Phi) is 5.42. The molecule has 0 saturated heterocycles. The fourth-order valence-corrected chi connectivity index (χ4v) is 2.10. The molecular formula is C16H19ClN2O2. The molecule has 0 aliphatic rings. The number of aromatic nitrogens is 1. The molecule has 0 bridgehead atoms. The normalized spacial score (nSPS) is 10.5. The number of nitrogens with one attached hydrogen (secondary N) is 1. The van der Waals surface area contributed by atoms with Gasteiger partial charge in [0.2, 0.25) is 5.88 Å². The van der Waals surface area contributed by atoms with Gasteiger partial charge in [-0.1, -0.05) is 24.6 Å². The summed E-state index contributed by atoms with van der Waals surface area (Å²) in [6.45, 7) is 5.68. The summed E-state index contributed by atoms with van der Waals surface area (Å²) in [5.74, 6) is 1.63. The molecule has 0 radical (unpaired) electrons. The smallest absolute Gasteiger partial charge is 0.238 e. The maximum absolute atomic E-state index is 6.23. The number of hydrogen-bond donors (Lipinski definition) is 1. The van der Waals surface area contributed by atoms with E-state index in [9.17, 15) is 0 Å². The van der Waals surface area contributed by atoms with E-state index in [4.69, 9.17) is 21.1 Å². The van der Waals surface area contributed by atoms with Gasteiger partial charge in [-0.3, -0.25) is 0 Å². The second-order valence-electron chi connectivity index (χ2n) is 4.67. The zero-order chi connectivity index (χ0) is 15.2. The highest BCUT2D eigenvalue weighted by molar-refractivity contribution is 6.31. The van der Waals surface area contributed by atoms with Crippen LogP contribution in [0.2, 0.25) is 5.02 Å². The van der Waals surface area contributed by atoms with Crippen molar-refractivity contribution in [3.05, 3.63) is 46.6 Å². The van der Waals surface area contributed by atoms with Crippen LogP contribution in [0.4, 0.5) is 0 Å². The molecule has 0 saturated carbocycles. The molecule has 4 nitrogen and oxygen atoms in total. The number of hydrogen-bond acceptors (Lipinski definition) is 4. The third kappa shape index (κ3) is 4.09. The van der Waals surface area contributed by atoms with E-state index < -0.39 is 0 Å². The molecular weight excluding hydrogens is 288 g/mol. The summed E-state index contributed by atoms with van der Waals surface area (Å²) < 4.78 is 11.1. The number of ether oxygens (including phenoxy) is 2. The van der Waals surface area contributed by atoms with Crippen molar-refractivity contribution in [2.45, 2.75) is 20.4 Å². The van der Waals surface area contributed by atoms with Gasteiger partial charge in [0.15, 0.2) is 11.5 Å². The van der Waals surface area contributed by atoms with Crippen LogP contribution < -0.4 is 14.8 Å². The zero-order valence-corrected chi connectivity index (χ0v) is 13.2. The molecule has 1 aromatic carbocycles. The van der Waals surface area contributed by atoms with E-state index in [2.05, 4.69) is 17.2 Å². The molecule has 5 heteroatoms. The number of pyridine rings is 1. The molecule has 0 aliphatic heterocycles. The summed E-state index contributed by atoms with van der Waals surface area (Å²) in [4.78, 5) is 4.27. The number of rotatable bonds is 6.